The molecule has 19 heavy (non-hydrogen) atoms. The summed E-state index contributed by atoms with van der Waals surface area (Å²) in [6.07, 6.45) is 2.51. The zero-order valence-corrected chi connectivity index (χ0v) is 14.3. The molecule has 0 radical (unpaired) electrons. The van der Waals surface area contributed by atoms with Gasteiger partial charge in [-0.1, -0.05) is 30.3 Å². The Morgan fingerprint density at radius 2 is 1.89 bits per heavy atom. The van der Waals surface area contributed by atoms with Crippen molar-refractivity contribution < 1.29 is 0 Å². The molecule has 3 nitrogen and oxygen atoms in total. The van der Waals surface area contributed by atoms with E-state index in [4.69, 9.17) is 4.99 Å². The number of aliphatic imine (C=N–C) groups is 1. The van der Waals surface area contributed by atoms with Gasteiger partial charge >= 0.3 is 0 Å². The number of nitrogens with zero attached hydrogens (tertiary/aromatic N) is 2. The molecule has 1 N–H and O–H groups in total. The smallest absolute Gasteiger partial charge is 0.193 e. The first-order valence-corrected chi connectivity index (χ1v) is 6.69. The second kappa shape index (κ2) is 7.12. The zero-order chi connectivity index (χ0) is 13.0. The molecule has 1 aromatic carbocycles. The summed E-state index contributed by atoms with van der Waals surface area (Å²) in [5.74, 6) is 0.986. The highest BCUT2D eigenvalue weighted by Gasteiger charge is 2.43. The maximum absolute atomic E-state index is 4.75. The van der Waals surface area contributed by atoms with Crippen molar-refractivity contribution in [1.29, 1.82) is 0 Å². The minimum atomic E-state index is 0. The lowest BCUT2D eigenvalue weighted by molar-refractivity contribution is 0.575. The molecule has 106 valence electrons. The molecule has 0 saturated heterocycles. The van der Waals surface area contributed by atoms with Crippen LogP contribution in [-0.2, 0) is 5.41 Å². The highest BCUT2D eigenvalue weighted by atomic mass is 127. The van der Waals surface area contributed by atoms with Crippen LogP contribution in [0.25, 0.3) is 0 Å². The van der Waals surface area contributed by atoms with Crippen molar-refractivity contribution in [3.63, 3.8) is 0 Å². The Kier molecular flexibility index (Phi) is 6.10. The average Bonchev–Trinajstić information content (AvgIpc) is 3.16. The molecule has 1 fully saturated rings. The van der Waals surface area contributed by atoms with Crippen molar-refractivity contribution in [1.82, 2.24) is 10.2 Å². The number of benzene rings is 1. The SMILES string of the molecule is CCNC(=NCC1(c2ccccc2)CC1)N(C)C.I. The van der Waals surface area contributed by atoms with Gasteiger partial charge in [-0.15, -0.1) is 24.0 Å². The Balaban J connectivity index is 0.00000180. The number of nitrogens with one attached hydrogen (secondary N) is 1. The van der Waals surface area contributed by atoms with Crippen molar-refractivity contribution in [2.24, 2.45) is 4.99 Å². The van der Waals surface area contributed by atoms with Crippen LogP contribution >= 0.6 is 24.0 Å². The van der Waals surface area contributed by atoms with E-state index in [0.29, 0.717) is 5.41 Å². The van der Waals surface area contributed by atoms with Crippen molar-refractivity contribution in [3.05, 3.63) is 35.9 Å². The number of rotatable bonds is 4. The fraction of sp³-hybridized carbons (Fsp3) is 0.533. The van der Waals surface area contributed by atoms with Crippen molar-refractivity contribution in [2.75, 3.05) is 27.2 Å². The van der Waals surface area contributed by atoms with Gasteiger partial charge < -0.3 is 10.2 Å². The maximum Gasteiger partial charge on any atom is 0.193 e. The molecule has 0 heterocycles. The van der Waals surface area contributed by atoms with Crippen molar-refractivity contribution >= 4 is 29.9 Å². The molecule has 2 rings (SSSR count). The first-order valence-electron chi connectivity index (χ1n) is 6.69. The van der Waals surface area contributed by atoms with E-state index in [2.05, 4.69) is 42.6 Å². The summed E-state index contributed by atoms with van der Waals surface area (Å²) >= 11 is 0. The Hall–Kier alpha value is -0.780. The van der Waals surface area contributed by atoms with Crippen LogP contribution in [0, 0.1) is 0 Å². The molecule has 1 aliphatic carbocycles. The van der Waals surface area contributed by atoms with Gasteiger partial charge in [-0.2, -0.15) is 0 Å². The minimum Gasteiger partial charge on any atom is -0.357 e. The standard InChI is InChI=1S/C15H23N3.HI/c1-4-16-14(18(2)3)17-12-15(10-11-15)13-8-6-5-7-9-13;/h5-9H,4,10-12H2,1-3H3,(H,16,17);1H. The summed E-state index contributed by atoms with van der Waals surface area (Å²) in [6.45, 7) is 3.90. The van der Waals surface area contributed by atoms with Crippen LogP contribution in [0.1, 0.15) is 25.3 Å². The summed E-state index contributed by atoms with van der Waals surface area (Å²) < 4.78 is 0. The van der Waals surface area contributed by atoms with Crippen LogP contribution in [-0.4, -0.2) is 38.0 Å². The third-order valence-electron chi connectivity index (χ3n) is 3.53. The highest BCUT2D eigenvalue weighted by molar-refractivity contribution is 14.0. The summed E-state index contributed by atoms with van der Waals surface area (Å²) in [4.78, 5) is 6.80. The van der Waals surface area contributed by atoms with Gasteiger partial charge in [0.1, 0.15) is 0 Å². The maximum atomic E-state index is 4.75. The fourth-order valence-electron chi connectivity index (χ4n) is 2.22. The zero-order valence-electron chi connectivity index (χ0n) is 12.0. The highest BCUT2D eigenvalue weighted by Crippen LogP contribution is 2.48. The lowest BCUT2D eigenvalue weighted by atomic mass is 9.96. The van der Waals surface area contributed by atoms with E-state index >= 15 is 0 Å². The van der Waals surface area contributed by atoms with Gasteiger partial charge in [0.15, 0.2) is 5.96 Å². The van der Waals surface area contributed by atoms with Gasteiger partial charge in [0, 0.05) is 26.1 Å². The number of guanidine groups is 1. The second-order valence-electron chi connectivity index (χ2n) is 5.21. The van der Waals surface area contributed by atoms with Crippen molar-refractivity contribution in [2.45, 2.75) is 25.2 Å². The Labute approximate surface area is 133 Å². The Morgan fingerprint density at radius 3 is 2.37 bits per heavy atom. The second-order valence-corrected chi connectivity index (χ2v) is 5.21. The van der Waals surface area contributed by atoms with Gasteiger partial charge in [-0.05, 0) is 25.3 Å². The van der Waals surface area contributed by atoms with E-state index in [1.165, 1.54) is 18.4 Å². The van der Waals surface area contributed by atoms with Gasteiger partial charge in [0.25, 0.3) is 0 Å². The van der Waals surface area contributed by atoms with Crippen LogP contribution in [0.5, 0.6) is 0 Å². The summed E-state index contributed by atoms with van der Waals surface area (Å²) in [5, 5.41) is 3.31. The molecule has 1 aromatic rings. The van der Waals surface area contributed by atoms with E-state index in [9.17, 15) is 0 Å². The molecule has 0 unspecified atom stereocenters. The van der Waals surface area contributed by atoms with Gasteiger partial charge in [-0.3, -0.25) is 4.99 Å². The molecule has 0 aromatic heterocycles. The number of halogens is 1. The molecule has 0 bridgehead atoms. The lowest BCUT2D eigenvalue weighted by Crippen LogP contribution is -2.37. The average molecular weight is 373 g/mol. The van der Waals surface area contributed by atoms with E-state index < -0.39 is 0 Å². The number of hydrogen-bond donors (Lipinski definition) is 1. The van der Waals surface area contributed by atoms with Crippen LogP contribution < -0.4 is 5.32 Å². The first kappa shape index (κ1) is 16.3. The largest absolute Gasteiger partial charge is 0.357 e. The van der Waals surface area contributed by atoms with Gasteiger partial charge in [0.2, 0.25) is 0 Å². The topological polar surface area (TPSA) is 27.6 Å². The van der Waals surface area contributed by atoms with Gasteiger partial charge in [-0.25, -0.2) is 0 Å². The molecular formula is C15H24IN3. The van der Waals surface area contributed by atoms with Crippen LogP contribution in [0.3, 0.4) is 0 Å². The third-order valence-corrected chi connectivity index (χ3v) is 3.53. The predicted molar refractivity (Wildman–Crippen MR) is 92.4 cm³/mol. The minimum absolute atomic E-state index is 0. The van der Waals surface area contributed by atoms with E-state index in [-0.39, 0.29) is 24.0 Å². The summed E-state index contributed by atoms with van der Waals surface area (Å²) in [7, 11) is 4.06. The van der Waals surface area contributed by atoms with Gasteiger partial charge in [0.05, 0.1) is 6.54 Å². The quantitative estimate of drug-likeness (QED) is 0.499. The molecule has 0 atom stereocenters. The monoisotopic (exact) mass is 373 g/mol. The van der Waals surface area contributed by atoms with E-state index in [1.807, 2.05) is 19.0 Å². The third kappa shape index (κ3) is 4.09. The normalized spacial score (nSPS) is 16.5. The van der Waals surface area contributed by atoms with Crippen LogP contribution in [0.15, 0.2) is 35.3 Å². The van der Waals surface area contributed by atoms with E-state index in [0.717, 1.165) is 19.0 Å². The lowest BCUT2D eigenvalue weighted by Gasteiger charge is -2.19. The van der Waals surface area contributed by atoms with Crippen molar-refractivity contribution in [3.8, 4) is 0 Å². The summed E-state index contributed by atoms with van der Waals surface area (Å²) in [5.41, 5.74) is 1.74. The van der Waals surface area contributed by atoms with E-state index in [1.54, 1.807) is 0 Å². The number of hydrogen-bond acceptors (Lipinski definition) is 1. The molecule has 1 aliphatic rings. The molecule has 0 spiro atoms. The first-order chi connectivity index (χ1) is 8.68. The molecular weight excluding hydrogens is 349 g/mol. The van der Waals surface area contributed by atoms with Crippen LogP contribution in [0.2, 0.25) is 0 Å². The fourth-order valence-corrected chi connectivity index (χ4v) is 2.22. The molecule has 1 saturated carbocycles. The summed E-state index contributed by atoms with van der Waals surface area (Å²) in [6, 6.07) is 10.8. The molecule has 4 heteroatoms. The molecule has 0 aliphatic heterocycles. The van der Waals surface area contributed by atoms with Crippen LogP contribution in [0.4, 0.5) is 0 Å². The predicted octanol–water partition coefficient (Wildman–Crippen LogP) is 2.86. The Bertz CT molecular complexity index is 411. The molecule has 0 amide bonds. The Morgan fingerprint density at radius 1 is 1.26 bits per heavy atom.